The van der Waals surface area contributed by atoms with Gasteiger partial charge in [-0.25, -0.2) is 9.97 Å². The highest BCUT2D eigenvalue weighted by atomic mass is 28.4. The van der Waals surface area contributed by atoms with Crippen molar-refractivity contribution in [3.63, 3.8) is 0 Å². The van der Waals surface area contributed by atoms with Crippen molar-refractivity contribution in [2.24, 2.45) is 0 Å². The average molecular weight is 512 g/mol. The first-order chi connectivity index (χ1) is 16.7. The number of rotatable bonds is 6. The number of anilines is 4. The van der Waals surface area contributed by atoms with Crippen LogP contribution in [0.15, 0.2) is 24.3 Å². The second kappa shape index (κ2) is 9.43. The molecule has 36 heavy (non-hydrogen) atoms. The summed E-state index contributed by atoms with van der Waals surface area (Å²) in [6.07, 6.45) is 0. The molecule has 0 bridgehead atoms. The van der Waals surface area contributed by atoms with Crippen molar-refractivity contribution >= 4 is 37.2 Å². The van der Waals surface area contributed by atoms with E-state index in [1.807, 2.05) is 45.0 Å². The molecule has 1 amide bonds. The van der Waals surface area contributed by atoms with Crippen molar-refractivity contribution < 1.29 is 14.0 Å². The van der Waals surface area contributed by atoms with Gasteiger partial charge in [-0.15, -0.1) is 0 Å². The fourth-order valence-corrected chi connectivity index (χ4v) is 5.33. The number of carbonyl (C=O) groups excluding carboxylic acids is 1. The molecule has 1 aromatic carbocycles. The Bertz CT molecular complexity index is 1120. The second-order valence-corrected chi connectivity index (χ2v) is 16.8. The van der Waals surface area contributed by atoms with E-state index in [0.29, 0.717) is 18.2 Å². The fraction of sp³-hybridized carbons (Fsp3) is 0.593. The molecule has 1 aromatic heterocycles. The number of amides is 1. The monoisotopic (exact) mass is 511 g/mol. The van der Waals surface area contributed by atoms with Crippen LogP contribution in [0.5, 0.6) is 0 Å². The summed E-state index contributed by atoms with van der Waals surface area (Å²) in [4.78, 5) is 29.6. The first kappa shape index (κ1) is 26.6. The van der Waals surface area contributed by atoms with Crippen LogP contribution in [-0.4, -0.2) is 64.6 Å². The lowest BCUT2D eigenvalue weighted by atomic mass is 9.87. The van der Waals surface area contributed by atoms with Gasteiger partial charge < -0.3 is 19.0 Å². The Morgan fingerprint density at radius 1 is 1.06 bits per heavy atom. The minimum Gasteiger partial charge on any atom is -0.409 e. The maximum Gasteiger partial charge on any atom is 0.243 e. The number of benzene rings is 1. The van der Waals surface area contributed by atoms with E-state index < -0.39 is 13.7 Å². The Morgan fingerprint density at radius 2 is 1.64 bits per heavy atom. The molecule has 1 saturated heterocycles. The predicted molar refractivity (Wildman–Crippen MR) is 148 cm³/mol. The molecular weight excluding hydrogens is 470 g/mol. The number of nitrogens with zero attached hydrogens (tertiary/aromatic N) is 5. The van der Waals surface area contributed by atoms with Crippen molar-refractivity contribution in [2.75, 3.05) is 55.1 Å². The van der Waals surface area contributed by atoms with Gasteiger partial charge in [0.25, 0.3) is 0 Å². The molecule has 196 valence electrons. The highest BCUT2D eigenvalue weighted by molar-refractivity contribution is 6.74. The third kappa shape index (κ3) is 4.76. The van der Waals surface area contributed by atoms with Crippen LogP contribution >= 0.6 is 0 Å². The molecule has 4 rings (SSSR count). The van der Waals surface area contributed by atoms with Crippen molar-refractivity contribution in [3.8, 4) is 0 Å². The Balaban J connectivity index is 1.73. The highest BCUT2D eigenvalue weighted by Gasteiger charge is 2.49. The highest BCUT2D eigenvalue weighted by Crippen LogP contribution is 2.48. The van der Waals surface area contributed by atoms with Gasteiger partial charge in [-0.05, 0) is 56.2 Å². The van der Waals surface area contributed by atoms with Crippen LogP contribution in [0.4, 0.5) is 23.0 Å². The summed E-state index contributed by atoms with van der Waals surface area (Å²) in [5.74, 6) is 2.01. The third-order valence-electron chi connectivity index (χ3n) is 7.77. The van der Waals surface area contributed by atoms with E-state index in [-0.39, 0.29) is 10.9 Å². The minimum atomic E-state index is -1.99. The molecule has 0 unspecified atom stereocenters. The molecule has 8 nitrogen and oxygen atoms in total. The van der Waals surface area contributed by atoms with Gasteiger partial charge in [-0.1, -0.05) is 20.8 Å². The zero-order valence-corrected chi connectivity index (χ0v) is 24.3. The van der Waals surface area contributed by atoms with Gasteiger partial charge in [0, 0.05) is 32.9 Å². The van der Waals surface area contributed by atoms with Gasteiger partial charge in [0.1, 0.15) is 11.6 Å². The van der Waals surface area contributed by atoms with E-state index in [2.05, 4.69) is 50.9 Å². The molecule has 0 saturated carbocycles. The zero-order valence-electron chi connectivity index (χ0n) is 23.3. The molecule has 0 spiro atoms. The van der Waals surface area contributed by atoms with Gasteiger partial charge in [0.2, 0.25) is 5.91 Å². The van der Waals surface area contributed by atoms with E-state index in [4.69, 9.17) is 19.1 Å². The minimum absolute atomic E-state index is 0.00325. The standard InChI is InChI=1S/C27H41N5O3Si/c1-26(2,3)36(8,9)35-18-21-28-23(30(6)7)22-24(29-21)32(25(33)27(22,4)5)20-12-10-19(11-13-20)31-14-16-34-17-15-31/h10-13H,14-18H2,1-9H3. The molecule has 3 heterocycles. The molecule has 2 aliphatic heterocycles. The summed E-state index contributed by atoms with van der Waals surface area (Å²) in [5, 5.41) is 0.0837. The maximum atomic E-state index is 13.8. The van der Waals surface area contributed by atoms with Crippen LogP contribution in [0, 0.1) is 0 Å². The van der Waals surface area contributed by atoms with Crippen molar-refractivity contribution in [2.45, 2.75) is 64.8 Å². The molecule has 0 radical (unpaired) electrons. The van der Waals surface area contributed by atoms with Crippen LogP contribution < -0.4 is 14.7 Å². The zero-order chi connectivity index (χ0) is 26.5. The largest absolute Gasteiger partial charge is 0.409 e. The van der Waals surface area contributed by atoms with Gasteiger partial charge in [0.15, 0.2) is 14.1 Å². The number of fused-ring (bicyclic) bond motifs is 1. The summed E-state index contributed by atoms with van der Waals surface area (Å²) in [5.41, 5.74) is 2.04. The average Bonchev–Trinajstić information content (AvgIpc) is 3.02. The molecule has 1 fully saturated rings. The summed E-state index contributed by atoms with van der Waals surface area (Å²) in [6.45, 7) is 18.6. The smallest absolute Gasteiger partial charge is 0.243 e. The summed E-state index contributed by atoms with van der Waals surface area (Å²) in [6, 6.07) is 8.18. The van der Waals surface area contributed by atoms with Crippen LogP contribution in [0.3, 0.4) is 0 Å². The number of aromatic nitrogens is 2. The predicted octanol–water partition coefficient (Wildman–Crippen LogP) is 4.86. The normalized spacial score (nSPS) is 18.0. The van der Waals surface area contributed by atoms with Gasteiger partial charge >= 0.3 is 0 Å². The first-order valence-electron chi connectivity index (χ1n) is 12.7. The summed E-state index contributed by atoms with van der Waals surface area (Å²) < 4.78 is 11.9. The fourth-order valence-electron chi connectivity index (χ4n) is 4.41. The number of morpholine rings is 1. The van der Waals surface area contributed by atoms with E-state index in [9.17, 15) is 4.79 Å². The third-order valence-corrected chi connectivity index (χ3v) is 12.2. The van der Waals surface area contributed by atoms with Crippen molar-refractivity contribution in [1.82, 2.24) is 9.97 Å². The van der Waals surface area contributed by atoms with Gasteiger partial charge in [0.05, 0.1) is 36.5 Å². The quantitative estimate of drug-likeness (QED) is 0.513. The van der Waals surface area contributed by atoms with E-state index >= 15 is 0 Å². The molecule has 0 aliphatic carbocycles. The lowest BCUT2D eigenvalue weighted by Crippen LogP contribution is -2.40. The lowest BCUT2D eigenvalue weighted by molar-refractivity contribution is -0.121. The maximum absolute atomic E-state index is 13.8. The molecular formula is C27H41N5O3Si. The topological polar surface area (TPSA) is 71.0 Å². The van der Waals surface area contributed by atoms with Gasteiger partial charge in [-0.3, -0.25) is 9.69 Å². The summed E-state index contributed by atoms with van der Waals surface area (Å²) in [7, 11) is 1.93. The van der Waals surface area contributed by atoms with Crippen LogP contribution in [-0.2, 0) is 26.0 Å². The van der Waals surface area contributed by atoms with Crippen LogP contribution in [0.2, 0.25) is 18.1 Å². The Morgan fingerprint density at radius 3 is 2.19 bits per heavy atom. The summed E-state index contributed by atoms with van der Waals surface area (Å²) >= 11 is 0. The van der Waals surface area contributed by atoms with E-state index in [1.54, 1.807) is 4.90 Å². The van der Waals surface area contributed by atoms with E-state index in [1.165, 1.54) is 0 Å². The van der Waals surface area contributed by atoms with Gasteiger partial charge in [-0.2, -0.15) is 0 Å². The number of hydrogen-bond donors (Lipinski definition) is 0. The SMILES string of the molecule is CN(C)c1nc(CO[Si](C)(C)C(C)(C)C)nc2c1C(C)(C)C(=O)N2c1ccc(N2CCOCC2)cc1. The number of hydrogen-bond acceptors (Lipinski definition) is 7. The Kier molecular flexibility index (Phi) is 6.96. The van der Waals surface area contributed by atoms with Crippen LogP contribution in [0.1, 0.15) is 46.0 Å². The second-order valence-electron chi connectivity index (χ2n) is 12.0. The molecule has 0 atom stereocenters. The Hall–Kier alpha value is -2.49. The molecule has 0 N–H and O–H groups in total. The van der Waals surface area contributed by atoms with E-state index in [0.717, 1.165) is 49.1 Å². The number of ether oxygens (including phenoxy) is 1. The molecule has 2 aromatic rings. The van der Waals surface area contributed by atoms with Crippen molar-refractivity contribution in [1.29, 1.82) is 0 Å². The molecule has 2 aliphatic rings. The van der Waals surface area contributed by atoms with Crippen molar-refractivity contribution in [3.05, 3.63) is 35.7 Å². The first-order valence-corrected chi connectivity index (χ1v) is 15.6. The molecule has 9 heteroatoms. The number of carbonyl (C=O) groups is 1. The lowest BCUT2D eigenvalue weighted by Gasteiger charge is -2.36. The van der Waals surface area contributed by atoms with Crippen LogP contribution in [0.25, 0.3) is 0 Å². The Labute approximate surface area is 216 Å².